The summed E-state index contributed by atoms with van der Waals surface area (Å²) in [7, 11) is 0. The second-order valence-electron chi connectivity index (χ2n) is 22.7. The van der Waals surface area contributed by atoms with Gasteiger partial charge in [-0.05, 0) is 154 Å². The third-order valence-electron chi connectivity index (χ3n) is 15.6. The molecule has 10 rings (SSSR count). The van der Waals surface area contributed by atoms with Gasteiger partial charge in [-0.3, -0.25) is 0 Å². The Morgan fingerprint density at radius 3 is 1.22 bits per heavy atom. The molecular formula is C64H71B2NO2. The third-order valence-corrected chi connectivity index (χ3v) is 15.6. The molecule has 5 heteroatoms. The lowest BCUT2D eigenvalue weighted by molar-refractivity contribution is 0.465. The molecule has 0 N–H and O–H groups in total. The van der Waals surface area contributed by atoms with Gasteiger partial charge in [-0.15, -0.1) is 0 Å². The average Bonchev–Trinajstić information content (AvgIpc) is 3.62. The van der Waals surface area contributed by atoms with Crippen molar-refractivity contribution in [3.05, 3.63) is 159 Å². The van der Waals surface area contributed by atoms with Crippen molar-refractivity contribution in [2.45, 2.75) is 146 Å². The third kappa shape index (κ3) is 7.74. The van der Waals surface area contributed by atoms with Crippen LogP contribution in [-0.4, -0.2) is 18.0 Å². The number of ether oxygens (including phenoxy) is 2. The van der Waals surface area contributed by atoms with Crippen LogP contribution in [-0.2, 0) is 0 Å². The molecule has 3 nitrogen and oxygen atoms in total. The standard InChI is InChI=1S/C64H71B2NO2/c1-34(2)44-27-47(36(5)6)61(48(28-44)37(7)8)65-53-19-17-18-20-57(53)68-59-33-60-56(32-55(59)65)66(62-49(38(9)10)29-45(35(3)4)30-50(62)39(11)12)54-22-21-46(31-58(54)69-60)67-63-42(15)23-40(13)25-51(63)52-26-41(14)24-43(16)64(52)67/h17-39H,1-16H3. The second-order valence-corrected chi connectivity index (χ2v) is 22.7. The van der Waals surface area contributed by atoms with Crippen LogP contribution in [0.2, 0.25) is 0 Å². The minimum atomic E-state index is -0.0821. The molecule has 350 valence electrons. The van der Waals surface area contributed by atoms with Gasteiger partial charge in [-0.1, -0.05) is 172 Å². The van der Waals surface area contributed by atoms with Crippen molar-refractivity contribution >= 4 is 68.0 Å². The highest BCUT2D eigenvalue weighted by molar-refractivity contribution is 7.00. The molecule has 1 aromatic heterocycles. The van der Waals surface area contributed by atoms with Crippen LogP contribution in [0.1, 0.15) is 174 Å². The quantitative estimate of drug-likeness (QED) is 0.135. The lowest BCUT2D eigenvalue weighted by Crippen LogP contribution is -2.61. The van der Waals surface area contributed by atoms with E-state index in [1.165, 1.54) is 110 Å². The zero-order valence-electron chi connectivity index (χ0n) is 44.2. The first kappa shape index (κ1) is 46.8. The molecular weight excluding hydrogens is 836 g/mol. The Kier molecular flexibility index (Phi) is 11.9. The van der Waals surface area contributed by atoms with Crippen molar-refractivity contribution in [1.29, 1.82) is 0 Å². The van der Waals surface area contributed by atoms with Crippen LogP contribution < -0.4 is 42.3 Å². The van der Waals surface area contributed by atoms with E-state index in [-0.39, 0.29) is 13.4 Å². The fraction of sp³-hybridized carbons (Fsp3) is 0.344. The number of nitrogens with zero attached hydrogens (tertiary/aromatic N) is 1. The van der Waals surface area contributed by atoms with Gasteiger partial charge in [0.1, 0.15) is 23.0 Å². The number of fused-ring (bicyclic) bond motifs is 7. The highest BCUT2D eigenvalue weighted by atomic mass is 16.5. The molecule has 0 spiro atoms. The first-order valence-electron chi connectivity index (χ1n) is 26.0. The number of para-hydroxylation sites is 1. The summed E-state index contributed by atoms with van der Waals surface area (Å²) in [6, 6.07) is 40.0. The van der Waals surface area contributed by atoms with Crippen LogP contribution in [0, 0.1) is 27.7 Å². The van der Waals surface area contributed by atoms with Gasteiger partial charge in [-0.2, -0.15) is 0 Å². The molecule has 2 aliphatic rings. The van der Waals surface area contributed by atoms with E-state index in [1.54, 1.807) is 0 Å². The maximum Gasteiger partial charge on any atom is 0.251 e. The summed E-state index contributed by atoms with van der Waals surface area (Å²) in [5.41, 5.74) is 24.9. The van der Waals surface area contributed by atoms with Crippen LogP contribution >= 0.6 is 0 Å². The Bertz CT molecular complexity index is 3240. The number of hydrogen-bond donors (Lipinski definition) is 0. The van der Waals surface area contributed by atoms with E-state index in [9.17, 15) is 0 Å². The monoisotopic (exact) mass is 908 g/mol. The number of aryl methyl sites for hydroxylation is 4. The number of aromatic nitrogens is 1. The van der Waals surface area contributed by atoms with E-state index >= 15 is 0 Å². The van der Waals surface area contributed by atoms with Gasteiger partial charge in [-0.25, -0.2) is 0 Å². The predicted molar refractivity (Wildman–Crippen MR) is 299 cm³/mol. The van der Waals surface area contributed by atoms with Crippen molar-refractivity contribution in [2.24, 2.45) is 0 Å². The zero-order valence-corrected chi connectivity index (χ0v) is 44.2. The molecule has 0 saturated heterocycles. The van der Waals surface area contributed by atoms with Crippen molar-refractivity contribution in [1.82, 2.24) is 4.57 Å². The van der Waals surface area contributed by atoms with Crippen molar-refractivity contribution < 1.29 is 9.47 Å². The van der Waals surface area contributed by atoms with E-state index in [4.69, 9.17) is 9.47 Å². The van der Waals surface area contributed by atoms with Gasteiger partial charge in [0.15, 0.2) is 0 Å². The molecule has 8 aromatic rings. The van der Waals surface area contributed by atoms with Gasteiger partial charge in [0.05, 0.1) is 11.0 Å². The fourth-order valence-corrected chi connectivity index (χ4v) is 12.2. The minimum Gasteiger partial charge on any atom is -0.458 e. The number of rotatable bonds is 9. The summed E-state index contributed by atoms with van der Waals surface area (Å²) in [5, 5.41) is 2.59. The normalized spacial score (nSPS) is 13.3. The van der Waals surface area contributed by atoms with E-state index in [0.717, 1.165) is 28.7 Å². The average molecular weight is 908 g/mol. The topological polar surface area (TPSA) is 23.4 Å². The Labute approximate surface area is 413 Å². The predicted octanol–water partition coefficient (Wildman–Crippen LogP) is 14.0. The Hall–Kier alpha value is -5.93. The zero-order chi connectivity index (χ0) is 49.1. The summed E-state index contributed by atoms with van der Waals surface area (Å²) >= 11 is 0. The maximum atomic E-state index is 7.42. The van der Waals surface area contributed by atoms with Crippen LogP contribution in [0.25, 0.3) is 27.5 Å². The fourth-order valence-electron chi connectivity index (χ4n) is 12.2. The molecule has 3 heterocycles. The summed E-state index contributed by atoms with van der Waals surface area (Å²) < 4.78 is 17.0. The Balaban J connectivity index is 1.29. The van der Waals surface area contributed by atoms with Gasteiger partial charge >= 0.3 is 0 Å². The Morgan fingerprint density at radius 2 is 0.783 bits per heavy atom. The summed E-state index contributed by atoms with van der Waals surface area (Å²) in [6.45, 7) is 37.1. The highest BCUT2D eigenvalue weighted by Crippen LogP contribution is 2.40. The minimum absolute atomic E-state index is 0.0257. The number of hydrogen-bond acceptors (Lipinski definition) is 2. The second kappa shape index (κ2) is 17.5. The molecule has 0 aliphatic carbocycles. The molecule has 0 bridgehead atoms. The van der Waals surface area contributed by atoms with Gasteiger partial charge in [0, 0.05) is 28.6 Å². The van der Waals surface area contributed by atoms with E-state index in [2.05, 4.69) is 218 Å². The summed E-state index contributed by atoms with van der Waals surface area (Å²) in [6.07, 6.45) is 0. The van der Waals surface area contributed by atoms with Crippen LogP contribution in [0.15, 0.2) is 103 Å². The molecule has 0 radical (unpaired) electrons. The van der Waals surface area contributed by atoms with Crippen molar-refractivity contribution in [3.63, 3.8) is 0 Å². The molecule has 0 saturated carbocycles. The lowest BCUT2D eigenvalue weighted by Gasteiger charge is -2.36. The maximum absolute atomic E-state index is 7.42. The highest BCUT2D eigenvalue weighted by Gasteiger charge is 2.42. The van der Waals surface area contributed by atoms with Crippen LogP contribution in [0.3, 0.4) is 0 Å². The smallest absolute Gasteiger partial charge is 0.251 e. The summed E-state index contributed by atoms with van der Waals surface area (Å²) in [4.78, 5) is 0. The van der Waals surface area contributed by atoms with E-state index in [1.807, 2.05) is 0 Å². The molecule has 0 atom stereocenters. The number of benzene rings is 7. The molecule has 2 aliphatic heterocycles. The Morgan fingerprint density at radius 1 is 0.377 bits per heavy atom. The van der Waals surface area contributed by atoms with E-state index in [0.29, 0.717) is 35.5 Å². The molecule has 0 amide bonds. The van der Waals surface area contributed by atoms with Crippen molar-refractivity contribution in [2.75, 3.05) is 0 Å². The van der Waals surface area contributed by atoms with Crippen molar-refractivity contribution in [3.8, 4) is 28.7 Å². The lowest BCUT2D eigenvalue weighted by atomic mass is 9.30. The van der Waals surface area contributed by atoms with Crippen LogP contribution in [0.4, 0.5) is 0 Å². The molecule has 69 heavy (non-hydrogen) atoms. The SMILES string of the molecule is Cc1cc(C)c2c(c1)c1cc(C)cc(C)c1n2-c1ccc2c(c1)Oc1cc3c(cc1B2c1c(C(C)C)cc(C(C)C)cc1C(C)C)B(c1c(C(C)C)cc(C(C)C)cc1C(C)C)c1ccccc1O3. The molecule has 7 aromatic carbocycles. The van der Waals surface area contributed by atoms with Gasteiger partial charge in [0.2, 0.25) is 0 Å². The largest absolute Gasteiger partial charge is 0.458 e. The molecule has 0 unspecified atom stereocenters. The van der Waals surface area contributed by atoms with Gasteiger partial charge in [0.25, 0.3) is 13.4 Å². The summed E-state index contributed by atoms with van der Waals surface area (Å²) in [5.74, 6) is 5.67. The van der Waals surface area contributed by atoms with Gasteiger partial charge < -0.3 is 14.0 Å². The first-order chi connectivity index (χ1) is 32.8. The van der Waals surface area contributed by atoms with E-state index < -0.39 is 0 Å². The van der Waals surface area contributed by atoms with Crippen LogP contribution in [0.5, 0.6) is 23.0 Å². The molecule has 0 fully saturated rings. The first-order valence-corrected chi connectivity index (χ1v) is 26.0.